The normalized spacial score (nSPS) is 10.8. The van der Waals surface area contributed by atoms with Crippen molar-refractivity contribution < 1.29 is 0 Å². The van der Waals surface area contributed by atoms with Crippen molar-refractivity contribution in [2.75, 3.05) is 5.73 Å². The average Bonchev–Trinajstić information content (AvgIpc) is 2.29. The van der Waals surface area contributed by atoms with Gasteiger partial charge in [-0.05, 0) is 28.1 Å². The number of hydrogen-bond donors (Lipinski definition) is 1. The molecule has 1 aromatic heterocycles. The molecular formula is C8H8BrN3. The molecule has 2 rings (SSSR count). The first-order valence-corrected chi connectivity index (χ1v) is 4.36. The number of benzene rings is 1. The van der Waals surface area contributed by atoms with Crippen molar-refractivity contribution in [3.63, 3.8) is 0 Å². The lowest BCUT2D eigenvalue weighted by atomic mass is 10.2. The van der Waals surface area contributed by atoms with Gasteiger partial charge < -0.3 is 5.73 Å². The first kappa shape index (κ1) is 7.61. The number of hydrogen-bond acceptors (Lipinski definition) is 2. The number of aryl methyl sites for hydroxylation is 1. The molecule has 2 N–H and O–H groups in total. The summed E-state index contributed by atoms with van der Waals surface area (Å²) in [7, 11) is 1.88. The summed E-state index contributed by atoms with van der Waals surface area (Å²) in [6.45, 7) is 0. The fraction of sp³-hybridized carbons (Fsp3) is 0.125. The van der Waals surface area contributed by atoms with Crippen LogP contribution in [0.1, 0.15) is 0 Å². The third kappa shape index (κ3) is 0.914. The number of nitrogen functional groups attached to an aromatic ring is 1. The van der Waals surface area contributed by atoms with Gasteiger partial charge in [0.25, 0.3) is 0 Å². The van der Waals surface area contributed by atoms with Crippen LogP contribution in [0.4, 0.5) is 5.82 Å². The van der Waals surface area contributed by atoms with Crippen LogP contribution in [0.5, 0.6) is 0 Å². The molecule has 0 atom stereocenters. The zero-order valence-electron chi connectivity index (χ0n) is 6.58. The molecule has 4 heteroatoms. The maximum Gasteiger partial charge on any atom is 0.153 e. The number of fused-ring (bicyclic) bond motifs is 1. The number of aromatic nitrogens is 2. The molecule has 0 unspecified atom stereocenters. The summed E-state index contributed by atoms with van der Waals surface area (Å²) in [4.78, 5) is 0. The van der Waals surface area contributed by atoms with E-state index in [1.165, 1.54) is 0 Å². The highest BCUT2D eigenvalue weighted by molar-refractivity contribution is 9.10. The predicted molar refractivity (Wildman–Crippen MR) is 52.8 cm³/mol. The highest BCUT2D eigenvalue weighted by Gasteiger charge is 2.06. The minimum Gasteiger partial charge on any atom is -0.382 e. The van der Waals surface area contributed by atoms with Crippen LogP contribution in [0.25, 0.3) is 10.9 Å². The molecule has 12 heavy (non-hydrogen) atoms. The number of nitrogens with zero attached hydrogens (tertiary/aromatic N) is 2. The van der Waals surface area contributed by atoms with Crippen molar-refractivity contribution in [2.24, 2.45) is 7.05 Å². The molecule has 0 saturated carbocycles. The Bertz CT molecular complexity index is 433. The number of para-hydroxylation sites is 1. The Morgan fingerprint density at radius 2 is 2.25 bits per heavy atom. The van der Waals surface area contributed by atoms with Crippen molar-refractivity contribution >= 4 is 32.7 Å². The van der Waals surface area contributed by atoms with Crippen molar-refractivity contribution in [3.8, 4) is 0 Å². The number of nitrogens with two attached hydrogens (primary N) is 1. The number of rotatable bonds is 0. The molecule has 3 nitrogen and oxygen atoms in total. The van der Waals surface area contributed by atoms with Crippen molar-refractivity contribution in [2.45, 2.75) is 0 Å². The van der Waals surface area contributed by atoms with E-state index in [2.05, 4.69) is 21.0 Å². The van der Waals surface area contributed by atoms with Gasteiger partial charge in [-0.3, -0.25) is 4.68 Å². The minimum absolute atomic E-state index is 0.578. The molecule has 2 aromatic rings. The lowest BCUT2D eigenvalue weighted by Crippen LogP contribution is -1.91. The fourth-order valence-electron chi connectivity index (χ4n) is 1.32. The van der Waals surface area contributed by atoms with Gasteiger partial charge in [-0.15, -0.1) is 0 Å². The Hall–Kier alpha value is -1.03. The lowest BCUT2D eigenvalue weighted by Gasteiger charge is -1.95. The molecule has 1 heterocycles. The van der Waals surface area contributed by atoms with Crippen LogP contribution in [0.3, 0.4) is 0 Å². The van der Waals surface area contributed by atoms with E-state index >= 15 is 0 Å². The van der Waals surface area contributed by atoms with E-state index in [0.717, 1.165) is 15.4 Å². The van der Waals surface area contributed by atoms with Crippen LogP contribution in [0.15, 0.2) is 22.7 Å². The van der Waals surface area contributed by atoms with Gasteiger partial charge in [-0.25, -0.2) is 0 Å². The number of halogens is 1. The van der Waals surface area contributed by atoms with Crippen LogP contribution >= 0.6 is 15.9 Å². The molecule has 0 radical (unpaired) electrons. The second kappa shape index (κ2) is 2.48. The summed E-state index contributed by atoms with van der Waals surface area (Å²) in [5.41, 5.74) is 6.73. The van der Waals surface area contributed by atoms with E-state index < -0.39 is 0 Å². The Morgan fingerprint density at radius 3 is 2.92 bits per heavy atom. The highest BCUT2D eigenvalue weighted by Crippen LogP contribution is 2.26. The van der Waals surface area contributed by atoms with E-state index in [-0.39, 0.29) is 0 Å². The van der Waals surface area contributed by atoms with Gasteiger partial charge >= 0.3 is 0 Å². The molecule has 0 aliphatic heterocycles. The quantitative estimate of drug-likeness (QED) is 0.745. The van der Waals surface area contributed by atoms with Gasteiger partial charge in [-0.1, -0.05) is 6.07 Å². The van der Waals surface area contributed by atoms with E-state index in [1.807, 2.05) is 25.2 Å². The molecule has 62 valence electrons. The van der Waals surface area contributed by atoms with Crippen LogP contribution in [-0.2, 0) is 7.05 Å². The summed E-state index contributed by atoms with van der Waals surface area (Å²) < 4.78 is 2.79. The molecule has 0 aliphatic rings. The molecular weight excluding hydrogens is 218 g/mol. The number of anilines is 1. The average molecular weight is 226 g/mol. The van der Waals surface area contributed by atoms with Crippen molar-refractivity contribution in [1.82, 2.24) is 9.78 Å². The SMILES string of the molecule is Cn1nc(N)c2cccc(Br)c21. The molecule has 0 bridgehead atoms. The van der Waals surface area contributed by atoms with Crippen molar-refractivity contribution in [3.05, 3.63) is 22.7 Å². The van der Waals surface area contributed by atoms with Crippen LogP contribution in [0, 0.1) is 0 Å². The minimum atomic E-state index is 0.578. The molecule has 0 saturated heterocycles. The van der Waals surface area contributed by atoms with E-state index in [1.54, 1.807) is 4.68 Å². The van der Waals surface area contributed by atoms with Crippen LogP contribution in [0.2, 0.25) is 0 Å². The molecule has 0 spiro atoms. The van der Waals surface area contributed by atoms with Gasteiger partial charge in [0.2, 0.25) is 0 Å². The first-order chi connectivity index (χ1) is 5.70. The second-order valence-corrected chi connectivity index (χ2v) is 3.50. The summed E-state index contributed by atoms with van der Waals surface area (Å²) in [6.07, 6.45) is 0. The smallest absolute Gasteiger partial charge is 0.153 e. The Morgan fingerprint density at radius 1 is 1.50 bits per heavy atom. The maximum absolute atomic E-state index is 5.69. The van der Waals surface area contributed by atoms with E-state index in [0.29, 0.717) is 5.82 Å². The Balaban J connectivity index is 2.99. The zero-order valence-corrected chi connectivity index (χ0v) is 8.17. The summed E-state index contributed by atoms with van der Waals surface area (Å²) in [5.74, 6) is 0.578. The third-order valence-corrected chi connectivity index (χ3v) is 2.48. The first-order valence-electron chi connectivity index (χ1n) is 3.57. The fourth-order valence-corrected chi connectivity index (χ4v) is 1.94. The van der Waals surface area contributed by atoms with Gasteiger partial charge in [0.1, 0.15) is 0 Å². The van der Waals surface area contributed by atoms with Crippen LogP contribution in [-0.4, -0.2) is 9.78 Å². The van der Waals surface area contributed by atoms with Gasteiger partial charge in [0.15, 0.2) is 5.82 Å². The monoisotopic (exact) mass is 225 g/mol. The topological polar surface area (TPSA) is 43.8 Å². The molecule has 0 amide bonds. The third-order valence-electron chi connectivity index (χ3n) is 1.84. The van der Waals surface area contributed by atoms with E-state index in [4.69, 9.17) is 5.73 Å². The van der Waals surface area contributed by atoms with Gasteiger partial charge in [0, 0.05) is 16.9 Å². The molecule has 0 fully saturated rings. The van der Waals surface area contributed by atoms with E-state index in [9.17, 15) is 0 Å². The molecule has 0 aliphatic carbocycles. The molecule has 1 aromatic carbocycles. The predicted octanol–water partition coefficient (Wildman–Crippen LogP) is 1.92. The maximum atomic E-state index is 5.69. The standard InChI is InChI=1S/C8H8BrN3/c1-12-7-5(8(10)11-12)3-2-4-6(7)9/h2-4H,1H3,(H2,10,11). The van der Waals surface area contributed by atoms with Gasteiger partial charge in [-0.2, -0.15) is 5.10 Å². The summed E-state index contributed by atoms with van der Waals surface area (Å²) in [5, 5.41) is 5.11. The van der Waals surface area contributed by atoms with Gasteiger partial charge in [0.05, 0.1) is 5.52 Å². The second-order valence-electron chi connectivity index (χ2n) is 2.64. The summed E-state index contributed by atoms with van der Waals surface area (Å²) >= 11 is 3.44. The van der Waals surface area contributed by atoms with Crippen LogP contribution < -0.4 is 5.73 Å². The summed E-state index contributed by atoms with van der Waals surface area (Å²) in [6, 6.07) is 5.89. The highest BCUT2D eigenvalue weighted by atomic mass is 79.9. The Kier molecular flexibility index (Phi) is 1.58. The van der Waals surface area contributed by atoms with Crippen molar-refractivity contribution in [1.29, 1.82) is 0 Å². The Labute approximate surface area is 78.3 Å². The largest absolute Gasteiger partial charge is 0.382 e. The zero-order chi connectivity index (χ0) is 8.72. The lowest BCUT2D eigenvalue weighted by molar-refractivity contribution is 0.800.